The number of aliphatic imine (C=N–C) groups is 2. The summed E-state index contributed by atoms with van der Waals surface area (Å²) in [6.45, 7) is 8.74. The van der Waals surface area contributed by atoms with Crippen LogP contribution in [0.4, 0.5) is 11.4 Å². The van der Waals surface area contributed by atoms with E-state index in [1.165, 1.54) is 11.1 Å². The van der Waals surface area contributed by atoms with Crippen LogP contribution in [0.5, 0.6) is 0 Å². The van der Waals surface area contributed by atoms with Crippen LogP contribution in [0.25, 0.3) is 0 Å². The molecule has 0 aromatic heterocycles. The summed E-state index contributed by atoms with van der Waals surface area (Å²) < 4.78 is 0. The molecule has 150 valence electrons. The molecule has 0 spiro atoms. The Bertz CT molecular complexity index is 1040. The molecule has 0 radical (unpaired) electrons. The lowest BCUT2D eigenvalue weighted by Crippen LogP contribution is -2.22. The van der Waals surface area contributed by atoms with Crippen molar-refractivity contribution in [3.63, 3.8) is 0 Å². The van der Waals surface area contributed by atoms with Crippen molar-refractivity contribution >= 4 is 23.5 Å². The maximum absolute atomic E-state index is 10.5. The van der Waals surface area contributed by atoms with Crippen LogP contribution in [0, 0.1) is 0 Å². The molecule has 4 heteroatoms. The molecule has 0 atom stereocenters. The molecule has 0 amide bonds. The number of rotatable bonds is 6. The maximum atomic E-state index is 10.5. The molecule has 0 aliphatic heterocycles. The van der Waals surface area contributed by atoms with Gasteiger partial charge in [-0.05, 0) is 46.5 Å². The summed E-state index contributed by atoms with van der Waals surface area (Å²) in [5.41, 5.74) is 5.42. The first-order chi connectivity index (χ1) is 14.3. The third-order valence-electron chi connectivity index (χ3n) is 5.83. The summed E-state index contributed by atoms with van der Waals surface area (Å²) >= 11 is 0. The fraction of sp³-hybridized carbons (Fsp3) is 0.231. The van der Waals surface area contributed by atoms with Crippen LogP contribution in [0.1, 0.15) is 49.9 Å². The normalized spacial score (nSPS) is 11.3. The van der Waals surface area contributed by atoms with Crippen molar-refractivity contribution in [1.29, 1.82) is 0 Å². The second-order valence-corrected chi connectivity index (χ2v) is 8.33. The van der Waals surface area contributed by atoms with Gasteiger partial charge >= 0.3 is 0 Å². The number of carbonyl (C=O) groups excluding carboxylic acids is 2. The Balaban J connectivity index is 1.97. The van der Waals surface area contributed by atoms with E-state index in [0.29, 0.717) is 11.4 Å². The van der Waals surface area contributed by atoms with Crippen LogP contribution in [0.2, 0.25) is 0 Å². The zero-order valence-corrected chi connectivity index (χ0v) is 17.6. The Kier molecular flexibility index (Phi) is 5.94. The Labute approximate surface area is 177 Å². The fourth-order valence-corrected chi connectivity index (χ4v) is 3.64. The SMILES string of the molecule is CC(C)(c1ccc(N=C=O)cc1)c1cccc(C(C)(C)c2ccc(N=C=O)cc2)c1. The smallest absolute Gasteiger partial charge is 0.211 e. The highest BCUT2D eigenvalue weighted by Crippen LogP contribution is 2.37. The molecule has 0 saturated carbocycles. The van der Waals surface area contributed by atoms with E-state index < -0.39 is 0 Å². The summed E-state index contributed by atoms with van der Waals surface area (Å²) in [5.74, 6) is 0. The molecule has 3 aromatic carbocycles. The molecule has 4 nitrogen and oxygen atoms in total. The minimum atomic E-state index is -0.224. The van der Waals surface area contributed by atoms with Gasteiger partial charge in [-0.1, -0.05) is 76.2 Å². The van der Waals surface area contributed by atoms with E-state index in [1.807, 2.05) is 48.5 Å². The number of isocyanates is 2. The monoisotopic (exact) mass is 396 g/mol. The second kappa shape index (κ2) is 8.42. The first kappa shape index (κ1) is 21.1. The minimum Gasteiger partial charge on any atom is -0.211 e. The van der Waals surface area contributed by atoms with E-state index in [0.717, 1.165) is 11.1 Å². The van der Waals surface area contributed by atoms with Crippen molar-refractivity contribution in [3.8, 4) is 0 Å². The van der Waals surface area contributed by atoms with Crippen molar-refractivity contribution < 1.29 is 9.59 Å². The summed E-state index contributed by atoms with van der Waals surface area (Å²) in [6, 6.07) is 23.9. The van der Waals surface area contributed by atoms with E-state index in [-0.39, 0.29) is 10.8 Å². The lowest BCUT2D eigenvalue weighted by Gasteiger charge is -2.31. The van der Waals surface area contributed by atoms with Gasteiger partial charge in [0.05, 0.1) is 11.4 Å². The first-order valence-corrected chi connectivity index (χ1v) is 9.77. The molecule has 0 saturated heterocycles. The number of benzene rings is 3. The zero-order valence-electron chi connectivity index (χ0n) is 17.6. The third kappa shape index (κ3) is 4.21. The quantitative estimate of drug-likeness (QED) is 0.364. The highest BCUT2D eigenvalue weighted by molar-refractivity contribution is 5.53. The van der Waals surface area contributed by atoms with Crippen LogP contribution < -0.4 is 0 Å². The van der Waals surface area contributed by atoms with Crippen molar-refractivity contribution in [2.24, 2.45) is 9.98 Å². The van der Waals surface area contributed by atoms with E-state index in [1.54, 1.807) is 12.2 Å². The van der Waals surface area contributed by atoms with Crippen LogP contribution in [0.3, 0.4) is 0 Å². The Morgan fingerprint density at radius 3 is 1.27 bits per heavy atom. The number of hydrogen-bond donors (Lipinski definition) is 0. The van der Waals surface area contributed by atoms with Gasteiger partial charge < -0.3 is 0 Å². The number of hydrogen-bond acceptors (Lipinski definition) is 4. The second-order valence-electron chi connectivity index (χ2n) is 8.33. The van der Waals surface area contributed by atoms with E-state index in [2.05, 4.69) is 61.9 Å². The predicted octanol–water partition coefficient (Wildman–Crippen LogP) is 6.27. The molecule has 0 aliphatic carbocycles. The standard InChI is InChI=1S/C26H24N2O2/c1-25(2,19-8-12-23(13-9-19)27-17-29)21-6-5-7-22(16-21)26(3,4)20-10-14-24(15-11-20)28-18-30/h5-16H,1-4H3. The molecule has 0 unspecified atom stereocenters. The zero-order chi connectivity index (χ0) is 21.8. The summed E-state index contributed by atoms with van der Waals surface area (Å²) in [5, 5.41) is 0. The molecule has 3 rings (SSSR count). The van der Waals surface area contributed by atoms with Crippen molar-refractivity contribution in [3.05, 3.63) is 95.1 Å². The molecular weight excluding hydrogens is 372 g/mol. The molecule has 3 aromatic rings. The lowest BCUT2D eigenvalue weighted by molar-refractivity contribution is 0.564. The topological polar surface area (TPSA) is 58.9 Å². The average Bonchev–Trinajstić information content (AvgIpc) is 2.75. The van der Waals surface area contributed by atoms with Crippen LogP contribution in [-0.4, -0.2) is 12.2 Å². The highest BCUT2D eigenvalue weighted by atomic mass is 16.1. The molecule has 30 heavy (non-hydrogen) atoms. The van der Waals surface area contributed by atoms with Crippen LogP contribution >= 0.6 is 0 Å². The Hall–Kier alpha value is -3.58. The number of nitrogens with zero attached hydrogens (tertiary/aromatic N) is 2. The Morgan fingerprint density at radius 1 is 0.567 bits per heavy atom. The van der Waals surface area contributed by atoms with Crippen molar-refractivity contribution in [1.82, 2.24) is 0 Å². The van der Waals surface area contributed by atoms with Gasteiger partial charge in [0.25, 0.3) is 0 Å². The predicted molar refractivity (Wildman–Crippen MR) is 119 cm³/mol. The average molecular weight is 396 g/mol. The molecule has 0 aliphatic rings. The molecule has 0 bridgehead atoms. The van der Waals surface area contributed by atoms with Gasteiger partial charge in [0.2, 0.25) is 12.2 Å². The maximum Gasteiger partial charge on any atom is 0.240 e. The van der Waals surface area contributed by atoms with Crippen LogP contribution in [-0.2, 0) is 20.4 Å². The summed E-state index contributed by atoms with van der Waals surface area (Å²) in [7, 11) is 0. The third-order valence-corrected chi connectivity index (χ3v) is 5.83. The van der Waals surface area contributed by atoms with Gasteiger partial charge in [0.1, 0.15) is 0 Å². The lowest BCUT2D eigenvalue weighted by atomic mass is 9.73. The van der Waals surface area contributed by atoms with Gasteiger partial charge in [0, 0.05) is 10.8 Å². The van der Waals surface area contributed by atoms with Gasteiger partial charge in [-0.2, -0.15) is 9.98 Å². The van der Waals surface area contributed by atoms with Gasteiger partial charge in [-0.15, -0.1) is 0 Å². The van der Waals surface area contributed by atoms with E-state index >= 15 is 0 Å². The summed E-state index contributed by atoms with van der Waals surface area (Å²) in [4.78, 5) is 28.3. The minimum absolute atomic E-state index is 0.224. The van der Waals surface area contributed by atoms with Crippen LogP contribution in [0.15, 0.2) is 82.8 Å². The van der Waals surface area contributed by atoms with Gasteiger partial charge in [-0.3, -0.25) is 0 Å². The summed E-state index contributed by atoms with van der Waals surface area (Å²) in [6.07, 6.45) is 3.15. The van der Waals surface area contributed by atoms with Gasteiger partial charge in [-0.25, -0.2) is 9.59 Å². The Morgan fingerprint density at radius 2 is 0.933 bits per heavy atom. The molecule has 0 N–H and O–H groups in total. The fourth-order valence-electron chi connectivity index (χ4n) is 3.64. The molecular formula is C26H24N2O2. The largest absolute Gasteiger partial charge is 0.240 e. The molecule has 0 fully saturated rings. The highest BCUT2D eigenvalue weighted by Gasteiger charge is 2.27. The van der Waals surface area contributed by atoms with Gasteiger partial charge in [0.15, 0.2) is 0 Å². The van der Waals surface area contributed by atoms with Crippen molar-refractivity contribution in [2.75, 3.05) is 0 Å². The van der Waals surface area contributed by atoms with E-state index in [9.17, 15) is 9.59 Å². The molecule has 0 heterocycles. The van der Waals surface area contributed by atoms with Crippen molar-refractivity contribution in [2.45, 2.75) is 38.5 Å². The first-order valence-electron chi connectivity index (χ1n) is 9.77. The van der Waals surface area contributed by atoms with E-state index in [4.69, 9.17) is 0 Å².